The van der Waals surface area contributed by atoms with E-state index in [0.717, 1.165) is 43.9 Å². The summed E-state index contributed by atoms with van der Waals surface area (Å²) in [5.41, 5.74) is 2.88. The van der Waals surface area contributed by atoms with E-state index in [1.165, 1.54) is 5.56 Å². The van der Waals surface area contributed by atoms with Gasteiger partial charge in [0, 0.05) is 38.8 Å². The Kier molecular flexibility index (Phi) is 4.35. The number of likely N-dealkylation sites (tertiary alicyclic amines) is 1. The standard InChI is InChI=1S/C20H23ClN4O/c1-24(2)19-22-12-14-8-10-20(17(14)23-19)9-5-11-25(13-20)18(26)15-6-3-4-7-16(15)21/h3-4,6-7,12H,5,8-11,13H2,1-2H3. The van der Waals surface area contributed by atoms with Crippen LogP contribution in [0, 0.1) is 0 Å². The third-order valence-electron chi connectivity index (χ3n) is 5.60. The van der Waals surface area contributed by atoms with Crippen LogP contribution in [-0.4, -0.2) is 48.0 Å². The molecule has 1 spiro atoms. The summed E-state index contributed by atoms with van der Waals surface area (Å²) in [4.78, 5) is 26.3. The fraction of sp³-hybridized carbons (Fsp3) is 0.450. The molecule has 5 nitrogen and oxygen atoms in total. The van der Waals surface area contributed by atoms with E-state index >= 15 is 0 Å². The molecule has 1 saturated heterocycles. The average Bonchev–Trinajstić information content (AvgIpc) is 2.99. The maximum Gasteiger partial charge on any atom is 0.255 e. The van der Waals surface area contributed by atoms with E-state index in [9.17, 15) is 4.79 Å². The molecule has 0 saturated carbocycles. The number of amides is 1. The van der Waals surface area contributed by atoms with E-state index in [-0.39, 0.29) is 11.3 Å². The number of hydrogen-bond acceptors (Lipinski definition) is 4. The molecule has 1 aliphatic carbocycles. The van der Waals surface area contributed by atoms with Gasteiger partial charge in [-0.2, -0.15) is 0 Å². The first-order valence-corrected chi connectivity index (χ1v) is 9.45. The van der Waals surface area contributed by atoms with Gasteiger partial charge in [-0.1, -0.05) is 23.7 Å². The highest BCUT2D eigenvalue weighted by Crippen LogP contribution is 2.44. The van der Waals surface area contributed by atoms with Crippen molar-refractivity contribution in [2.75, 3.05) is 32.1 Å². The molecular formula is C20H23ClN4O. The van der Waals surface area contributed by atoms with Crippen molar-refractivity contribution in [3.8, 4) is 0 Å². The molecule has 1 fully saturated rings. The number of piperidine rings is 1. The van der Waals surface area contributed by atoms with E-state index in [2.05, 4.69) is 4.98 Å². The fourth-order valence-corrected chi connectivity index (χ4v) is 4.47. The topological polar surface area (TPSA) is 49.3 Å². The maximum atomic E-state index is 13.0. The fourth-order valence-electron chi connectivity index (χ4n) is 4.25. The van der Waals surface area contributed by atoms with E-state index in [4.69, 9.17) is 16.6 Å². The van der Waals surface area contributed by atoms with E-state index in [1.807, 2.05) is 42.2 Å². The van der Waals surface area contributed by atoms with Gasteiger partial charge < -0.3 is 9.80 Å². The molecule has 1 aromatic carbocycles. The second-order valence-electron chi connectivity index (χ2n) is 7.53. The lowest BCUT2D eigenvalue weighted by atomic mass is 9.77. The van der Waals surface area contributed by atoms with Crippen molar-refractivity contribution in [3.05, 3.63) is 52.3 Å². The van der Waals surface area contributed by atoms with Crippen molar-refractivity contribution in [3.63, 3.8) is 0 Å². The molecule has 1 aromatic heterocycles. The summed E-state index contributed by atoms with van der Waals surface area (Å²) in [6, 6.07) is 7.29. The smallest absolute Gasteiger partial charge is 0.255 e. The third-order valence-corrected chi connectivity index (χ3v) is 5.93. The van der Waals surface area contributed by atoms with Crippen LogP contribution in [0.3, 0.4) is 0 Å². The first kappa shape index (κ1) is 17.3. The Bertz CT molecular complexity index is 849. The molecule has 0 radical (unpaired) electrons. The van der Waals surface area contributed by atoms with Crippen molar-refractivity contribution in [1.82, 2.24) is 14.9 Å². The largest absolute Gasteiger partial charge is 0.347 e. The summed E-state index contributed by atoms with van der Waals surface area (Å²) < 4.78 is 0. The first-order chi connectivity index (χ1) is 12.5. The number of halogens is 1. The van der Waals surface area contributed by atoms with Gasteiger partial charge in [-0.05, 0) is 43.4 Å². The highest BCUT2D eigenvalue weighted by molar-refractivity contribution is 6.33. The quantitative estimate of drug-likeness (QED) is 0.813. The Morgan fingerprint density at radius 2 is 2.08 bits per heavy atom. The van der Waals surface area contributed by atoms with Crippen molar-refractivity contribution >= 4 is 23.5 Å². The summed E-state index contributed by atoms with van der Waals surface area (Å²) in [6.45, 7) is 1.47. The van der Waals surface area contributed by atoms with Crippen LogP contribution in [0.5, 0.6) is 0 Å². The summed E-state index contributed by atoms with van der Waals surface area (Å²) in [6.07, 6.45) is 6.02. The van der Waals surface area contributed by atoms with Crippen LogP contribution in [0.15, 0.2) is 30.5 Å². The summed E-state index contributed by atoms with van der Waals surface area (Å²) in [7, 11) is 3.91. The summed E-state index contributed by atoms with van der Waals surface area (Å²) in [5.74, 6) is 0.754. The van der Waals surface area contributed by atoms with Crippen molar-refractivity contribution in [2.45, 2.75) is 31.1 Å². The van der Waals surface area contributed by atoms with Gasteiger partial charge in [0.25, 0.3) is 5.91 Å². The van der Waals surface area contributed by atoms with Crippen LogP contribution in [0.4, 0.5) is 5.95 Å². The zero-order chi connectivity index (χ0) is 18.3. The lowest BCUT2D eigenvalue weighted by Crippen LogP contribution is -2.48. The van der Waals surface area contributed by atoms with Crippen LogP contribution in [0.25, 0.3) is 0 Å². The zero-order valence-corrected chi connectivity index (χ0v) is 16.0. The third kappa shape index (κ3) is 2.84. The zero-order valence-electron chi connectivity index (χ0n) is 15.2. The van der Waals surface area contributed by atoms with Crippen LogP contribution >= 0.6 is 11.6 Å². The Labute approximate surface area is 159 Å². The molecule has 0 N–H and O–H groups in total. The number of rotatable bonds is 2. The van der Waals surface area contributed by atoms with Gasteiger partial charge in [0.05, 0.1) is 16.3 Å². The molecule has 1 amide bonds. The van der Waals surface area contributed by atoms with Gasteiger partial charge >= 0.3 is 0 Å². The summed E-state index contributed by atoms with van der Waals surface area (Å²) in [5, 5.41) is 0.515. The van der Waals surface area contributed by atoms with Crippen molar-refractivity contribution in [1.29, 1.82) is 0 Å². The molecule has 26 heavy (non-hydrogen) atoms. The van der Waals surface area contributed by atoms with Gasteiger partial charge in [0.2, 0.25) is 5.95 Å². The second-order valence-corrected chi connectivity index (χ2v) is 7.94. The molecule has 1 unspecified atom stereocenters. The van der Waals surface area contributed by atoms with Gasteiger partial charge in [-0.3, -0.25) is 4.79 Å². The van der Waals surface area contributed by atoms with Crippen LogP contribution in [0.2, 0.25) is 5.02 Å². The van der Waals surface area contributed by atoms with Gasteiger partial charge in [0.15, 0.2) is 0 Å². The molecular weight excluding hydrogens is 348 g/mol. The van der Waals surface area contributed by atoms with Gasteiger partial charge in [-0.15, -0.1) is 0 Å². The Morgan fingerprint density at radius 3 is 2.85 bits per heavy atom. The van der Waals surface area contributed by atoms with Crippen LogP contribution < -0.4 is 4.90 Å². The van der Waals surface area contributed by atoms with Crippen LogP contribution in [0.1, 0.15) is 40.9 Å². The Balaban J connectivity index is 1.65. The van der Waals surface area contributed by atoms with Gasteiger partial charge in [0.1, 0.15) is 0 Å². The number of aryl methyl sites for hydroxylation is 1. The highest BCUT2D eigenvalue weighted by atomic mass is 35.5. The Morgan fingerprint density at radius 1 is 1.27 bits per heavy atom. The lowest BCUT2D eigenvalue weighted by molar-refractivity contribution is 0.0633. The lowest BCUT2D eigenvalue weighted by Gasteiger charge is -2.40. The minimum Gasteiger partial charge on any atom is -0.347 e. The minimum absolute atomic E-state index is 0.0185. The molecule has 6 heteroatoms. The SMILES string of the molecule is CN(C)c1ncc2c(n1)C1(CCCN(C(=O)c3ccccc3Cl)C1)CC2. The minimum atomic E-state index is -0.0573. The first-order valence-electron chi connectivity index (χ1n) is 9.08. The highest BCUT2D eigenvalue weighted by Gasteiger charge is 2.45. The number of carbonyl (C=O) groups excluding carboxylic acids is 1. The molecule has 2 heterocycles. The molecule has 4 rings (SSSR count). The molecule has 1 atom stereocenters. The molecule has 2 aliphatic rings. The molecule has 2 aromatic rings. The number of hydrogen-bond donors (Lipinski definition) is 0. The second kappa shape index (κ2) is 6.54. The predicted molar refractivity (Wildman–Crippen MR) is 103 cm³/mol. The molecule has 1 aliphatic heterocycles. The molecule has 136 valence electrons. The van der Waals surface area contributed by atoms with E-state index in [1.54, 1.807) is 12.1 Å². The number of nitrogens with zero attached hydrogens (tertiary/aromatic N) is 4. The number of anilines is 1. The van der Waals surface area contributed by atoms with Crippen molar-refractivity contribution in [2.24, 2.45) is 0 Å². The predicted octanol–water partition coefficient (Wildman–Crippen LogP) is 3.32. The Hall–Kier alpha value is -2.14. The molecule has 0 bridgehead atoms. The van der Waals surface area contributed by atoms with Crippen molar-refractivity contribution < 1.29 is 4.79 Å². The van der Waals surface area contributed by atoms with E-state index < -0.39 is 0 Å². The number of carbonyl (C=O) groups is 1. The van der Waals surface area contributed by atoms with Crippen LogP contribution in [-0.2, 0) is 11.8 Å². The normalized spacial score (nSPS) is 21.7. The average molecular weight is 371 g/mol. The number of aromatic nitrogens is 2. The van der Waals surface area contributed by atoms with Gasteiger partial charge in [-0.25, -0.2) is 9.97 Å². The maximum absolute atomic E-state index is 13.0. The summed E-state index contributed by atoms with van der Waals surface area (Å²) >= 11 is 6.25. The number of fused-ring (bicyclic) bond motifs is 2. The number of benzene rings is 1. The monoisotopic (exact) mass is 370 g/mol. The van der Waals surface area contributed by atoms with E-state index in [0.29, 0.717) is 17.1 Å².